The van der Waals surface area contributed by atoms with Crippen molar-refractivity contribution < 1.29 is 4.74 Å². The minimum atomic E-state index is -0.0438. The first-order valence-corrected chi connectivity index (χ1v) is 7.61. The van der Waals surface area contributed by atoms with Gasteiger partial charge in [-0.25, -0.2) is 4.98 Å². The normalized spacial score (nSPS) is 11.9. The van der Waals surface area contributed by atoms with E-state index in [1.54, 1.807) is 12.4 Å². The molecule has 1 aromatic carbocycles. The predicted octanol–water partition coefficient (Wildman–Crippen LogP) is 3.57. The molecule has 5 nitrogen and oxygen atoms in total. The molecule has 0 amide bonds. The molecular weight excluding hydrogens is 288 g/mol. The number of rotatable bonds is 6. The van der Waals surface area contributed by atoms with E-state index in [0.29, 0.717) is 6.54 Å². The number of ether oxygens (including phenoxy) is 1. The molecule has 1 unspecified atom stereocenters. The van der Waals surface area contributed by atoms with Gasteiger partial charge in [-0.1, -0.05) is 30.3 Å². The Bertz CT molecular complexity index is 754. The number of hydrogen-bond acceptors (Lipinski definition) is 4. The maximum Gasteiger partial charge on any atom is 0.169 e. The Kier molecular flexibility index (Phi) is 4.57. The zero-order valence-electron chi connectivity index (χ0n) is 13.3. The minimum absolute atomic E-state index is 0.0438. The number of benzene rings is 1. The molecule has 3 rings (SSSR count). The Hall–Kier alpha value is -2.82. The van der Waals surface area contributed by atoms with Crippen molar-refractivity contribution >= 4 is 5.82 Å². The van der Waals surface area contributed by atoms with Gasteiger partial charge < -0.3 is 10.1 Å². The number of nitrogens with one attached hydrogen (secondary N) is 1. The lowest BCUT2D eigenvalue weighted by atomic mass is 10.1. The summed E-state index contributed by atoms with van der Waals surface area (Å²) in [5.41, 5.74) is 2.21. The van der Waals surface area contributed by atoms with Crippen molar-refractivity contribution in [1.29, 1.82) is 0 Å². The molecule has 23 heavy (non-hydrogen) atoms. The highest BCUT2D eigenvalue weighted by Crippen LogP contribution is 2.27. The molecular formula is C18H20N4O. The Morgan fingerprint density at radius 3 is 2.65 bits per heavy atom. The van der Waals surface area contributed by atoms with Crippen LogP contribution in [0.15, 0.2) is 60.9 Å². The largest absolute Gasteiger partial charge is 0.482 e. The summed E-state index contributed by atoms with van der Waals surface area (Å²) in [5, 5.41) is 7.48. The van der Waals surface area contributed by atoms with Crippen LogP contribution in [0.4, 0.5) is 5.82 Å². The van der Waals surface area contributed by atoms with Crippen molar-refractivity contribution in [2.24, 2.45) is 7.05 Å². The third kappa shape index (κ3) is 3.69. The molecule has 2 heterocycles. The molecule has 118 valence electrons. The molecule has 2 aromatic heterocycles. The average Bonchev–Trinajstić information content (AvgIpc) is 3.00. The SMILES string of the molecule is CC(Oc1cccnc1NCc1ccnn1C)c1ccccc1. The minimum Gasteiger partial charge on any atom is -0.482 e. The fourth-order valence-corrected chi connectivity index (χ4v) is 2.35. The molecule has 0 aliphatic carbocycles. The molecule has 0 saturated carbocycles. The maximum atomic E-state index is 6.08. The van der Waals surface area contributed by atoms with Crippen LogP contribution in [0.2, 0.25) is 0 Å². The van der Waals surface area contributed by atoms with Gasteiger partial charge in [0.05, 0.1) is 12.2 Å². The standard InChI is InChI=1S/C18H20N4O/c1-14(15-7-4-3-5-8-15)23-17-9-6-11-19-18(17)20-13-16-10-12-21-22(16)2/h3-12,14H,13H2,1-2H3,(H,19,20). The van der Waals surface area contributed by atoms with Crippen LogP contribution in [0.3, 0.4) is 0 Å². The van der Waals surface area contributed by atoms with E-state index in [9.17, 15) is 0 Å². The Morgan fingerprint density at radius 1 is 1.09 bits per heavy atom. The molecule has 0 fully saturated rings. The van der Waals surface area contributed by atoms with E-state index in [0.717, 1.165) is 22.8 Å². The molecule has 0 spiro atoms. The van der Waals surface area contributed by atoms with E-state index in [-0.39, 0.29) is 6.10 Å². The maximum absolute atomic E-state index is 6.08. The van der Waals surface area contributed by atoms with Gasteiger partial charge in [-0.3, -0.25) is 4.68 Å². The fraction of sp³-hybridized carbons (Fsp3) is 0.222. The van der Waals surface area contributed by atoms with Gasteiger partial charge in [-0.05, 0) is 30.7 Å². The quantitative estimate of drug-likeness (QED) is 0.756. The van der Waals surface area contributed by atoms with Crippen LogP contribution in [-0.4, -0.2) is 14.8 Å². The predicted molar refractivity (Wildman–Crippen MR) is 90.3 cm³/mol. The van der Waals surface area contributed by atoms with Gasteiger partial charge in [-0.15, -0.1) is 0 Å². The lowest BCUT2D eigenvalue weighted by Crippen LogP contribution is -2.09. The first-order chi connectivity index (χ1) is 11.2. The van der Waals surface area contributed by atoms with Crippen LogP contribution in [0, 0.1) is 0 Å². The van der Waals surface area contributed by atoms with E-state index in [4.69, 9.17) is 4.74 Å². The monoisotopic (exact) mass is 308 g/mol. The lowest BCUT2D eigenvalue weighted by Gasteiger charge is -2.17. The van der Waals surface area contributed by atoms with Crippen LogP contribution in [0.1, 0.15) is 24.3 Å². The summed E-state index contributed by atoms with van der Waals surface area (Å²) in [7, 11) is 1.92. The Morgan fingerprint density at radius 2 is 1.91 bits per heavy atom. The molecule has 0 radical (unpaired) electrons. The van der Waals surface area contributed by atoms with Gasteiger partial charge in [0.25, 0.3) is 0 Å². The topological polar surface area (TPSA) is 52.0 Å². The summed E-state index contributed by atoms with van der Waals surface area (Å²) >= 11 is 0. The zero-order chi connectivity index (χ0) is 16.1. The molecule has 1 atom stereocenters. The van der Waals surface area contributed by atoms with Crippen LogP contribution in [0.5, 0.6) is 5.75 Å². The molecule has 3 aromatic rings. The van der Waals surface area contributed by atoms with Crippen LogP contribution < -0.4 is 10.1 Å². The van der Waals surface area contributed by atoms with Crippen molar-refractivity contribution in [3.05, 3.63) is 72.2 Å². The summed E-state index contributed by atoms with van der Waals surface area (Å²) in [6.45, 7) is 2.68. The Balaban J connectivity index is 1.72. The summed E-state index contributed by atoms with van der Waals surface area (Å²) in [6, 6.07) is 15.9. The van der Waals surface area contributed by atoms with Crippen molar-refractivity contribution in [3.63, 3.8) is 0 Å². The third-order valence-electron chi connectivity index (χ3n) is 3.70. The summed E-state index contributed by atoms with van der Waals surface area (Å²) < 4.78 is 7.92. The first kappa shape index (κ1) is 15.1. The number of anilines is 1. The smallest absolute Gasteiger partial charge is 0.169 e. The van der Waals surface area contributed by atoms with E-state index in [2.05, 4.69) is 27.5 Å². The lowest BCUT2D eigenvalue weighted by molar-refractivity contribution is 0.227. The molecule has 0 aliphatic rings. The molecule has 5 heteroatoms. The van der Waals surface area contributed by atoms with Gasteiger partial charge in [-0.2, -0.15) is 5.10 Å². The molecule has 1 N–H and O–H groups in total. The highest BCUT2D eigenvalue weighted by molar-refractivity contribution is 5.49. The van der Waals surface area contributed by atoms with Crippen molar-refractivity contribution in [1.82, 2.24) is 14.8 Å². The number of hydrogen-bond donors (Lipinski definition) is 1. The highest BCUT2D eigenvalue weighted by Gasteiger charge is 2.11. The summed E-state index contributed by atoms with van der Waals surface area (Å²) in [5.74, 6) is 1.47. The zero-order valence-corrected chi connectivity index (χ0v) is 13.3. The van der Waals surface area contributed by atoms with Crippen LogP contribution in [0.25, 0.3) is 0 Å². The van der Waals surface area contributed by atoms with Crippen molar-refractivity contribution in [2.75, 3.05) is 5.32 Å². The first-order valence-electron chi connectivity index (χ1n) is 7.61. The number of pyridine rings is 1. The number of nitrogens with zero attached hydrogens (tertiary/aromatic N) is 3. The van der Waals surface area contributed by atoms with Gasteiger partial charge in [0.15, 0.2) is 11.6 Å². The number of aryl methyl sites for hydroxylation is 1. The molecule has 0 saturated heterocycles. The van der Waals surface area contributed by atoms with Crippen molar-refractivity contribution in [3.8, 4) is 5.75 Å². The second-order valence-corrected chi connectivity index (χ2v) is 5.32. The van der Waals surface area contributed by atoms with Crippen LogP contribution >= 0.6 is 0 Å². The number of aromatic nitrogens is 3. The van der Waals surface area contributed by atoms with E-state index in [1.807, 2.05) is 55.1 Å². The molecule has 0 aliphatic heterocycles. The van der Waals surface area contributed by atoms with Gasteiger partial charge in [0.2, 0.25) is 0 Å². The molecule has 0 bridgehead atoms. The Labute approximate surface area is 135 Å². The van der Waals surface area contributed by atoms with E-state index < -0.39 is 0 Å². The van der Waals surface area contributed by atoms with Gasteiger partial charge >= 0.3 is 0 Å². The second kappa shape index (κ2) is 6.96. The average molecular weight is 308 g/mol. The van der Waals surface area contributed by atoms with E-state index in [1.165, 1.54) is 0 Å². The summed E-state index contributed by atoms with van der Waals surface area (Å²) in [6.07, 6.45) is 3.49. The van der Waals surface area contributed by atoms with Gasteiger partial charge in [0.1, 0.15) is 6.10 Å². The third-order valence-corrected chi connectivity index (χ3v) is 3.70. The highest BCUT2D eigenvalue weighted by atomic mass is 16.5. The summed E-state index contributed by atoms with van der Waals surface area (Å²) in [4.78, 5) is 4.39. The fourth-order valence-electron chi connectivity index (χ4n) is 2.35. The van der Waals surface area contributed by atoms with E-state index >= 15 is 0 Å². The second-order valence-electron chi connectivity index (χ2n) is 5.32. The van der Waals surface area contributed by atoms with Gasteiger partial charge in [0, 0.05) is 19.4 Å². The van der Waals surface area contributed by atoms with Crippen molar-refractivity contribution in [2.45, 2.75) is 19.6 Å². The van der Waals surface area contributed by atoms with Crippen LogP contribution in [-0.2, 0) is 13.6 Å².